The number of aryl methyl sites for hydroxylation is 1. The molecule has 0 spiro atoms. The molecular formula is C21H24N2O4. The molecule has 0 unspecified atom stereocenters. The monoisotopic (exact) mass is 368 g/mol. The van der Waals surface area contributed by atoms with Crippen LogP contribution in [0.2, 0.25) is 0 Å². The third-order valence-corrected chi connectivity index (χ3v) is 4.76. The normalized spacial score (nSPS) is 19.1. The van der Waals surface area contributed by atoms with Crippen molar-refractivity contribution in [2.45, 2.75) is 25.8 Å². The third kappa shape index (κ3) is 3.89. The highest BCUT2D eigenvalue weighted by Gasteiger charge is 2.48. The molecule has 1 aliphatic rings. The molecule has 1 N–H and O–H groups in total. The van der Waals surface area contributed by atoms with Gasteiger partial charge in [-0.3, -0.25) is 9.69 Å². The molecule has 1 heterocycles. The second-order valence-electron chi connectivity index (χ2n) is 6.76. The molecule has 0 aliphatic carbocycles. The topological polar surface area (TPSA) is 67.9 Å². The van der Waals surface area contributed by atoms with Crippen molar-refractivity contribution in [1.82, 2.24) is 10.2 Å². The Bertz CT molecular complexity index is 817. The summed E-state index contributed by atoms with van der Waals surface area (Å²) in [5.41, 5.74) is 0.858. The Balaban J connectivity index is 1.56. The highest BCUT2D eigenvalue weighted by molar-refractivity contribution is 6.07. The summed E-state index contributed by atoms with van der Waals surface area (Å²) in [7, 11) is 1.61. The van der Waals surface area contributed by atoms with Crippen LogP contribution in [0, 0.1) is 6.92 Å². The number of nitrogens with one attached hydrogen (secondary N) is 1. The number of hydrogen-bond donors (Lipinski definition) is 1. The summed E-state index contributed by atoms with van der Waals surface area (Å²) in [6.07, 6.45) is 0.551. The van der Waals surface area contributed by atoms with Crippen LogP contribution in [0.5, 0.6) is 11.5 Å². The lowest BCUT2D eigenvalue weighted by Crippen LogP contribution is -2.41. The number of benzene rings is 2. The second-order valence-corrected chi connectivity index (χ2v) is 6.76. The van der Waals surface area contributed by atoms with E-state index in [0.717, 1.165) is 22.6 Å². The molecule has 2 aromatic carbocycles. The average molecular weight is 368 g/mol. The fourth-order valence-electron chi connectivity index (χ4n) is 3.07. The van der Waals surface area contributed by atoms with E-state index < -0.39 is 5.54 Å². The van der Waals surface area contributed by atoms with Crippen LogP contribution < -0.4 is 14.8 Å². The minimum absolute atomic E-state index is 0.235. The largest absolute Gasteiger partial charge is 0.497 e. The zero-order chi connectivity index (χ0) is 19.4. The predicted octanol–water partition coefficient (Wildman–Crippen LogP) is 3.24. The highest BCUT2D eigenvalue weighted by Crippen LogP contribution is 2.29. The quantitative estimate of drug-likeness (QED) is 0.602. The Kier molecular flexibility index (Phi) is 5.35. The van der Waals surface area contributed by atoms with E-state index in [2.05, 4.69) is 5.32 Å². The van der Waals surface area contributed by atoms with Crippen molar-refractivity contribution in [1.29, 1.82) is 0 Å². The standard InChI is InChI=1S/C21H24N2O4/c1-15-5-7-16(8-6-15)21(2)19(24)23(20(25)22-21)13-4-14-27-18-11-9-17(26-3)10-12-18/h5-12H,4,13-14H2,1-3H3,(H,22,25)/t21-/m1/s1. The maximum absolute atomic E-state index is 12.8. The summed E-state index contributed by atoms with van der Waals surface area (Å²) in [5.74, 6) is 1.25. The summed E-state index contributed by atoms with van der Waals surface area (Å²) in [6.45, 7) is 4.44. The molecule has 0 radical (unpaired) electrons. The molecule has 142 valence electrons. The summed E-state index contributed by atoms with van der Waals surface area (Å²) in [6, 6.07) is 14.5. The Morgan fingerprint density at radius 2 is 1.63 bits per heavy atom. The van der Waals surface area contributed by atoms with Gasteiger partial charge in [0.1, 0.15) is 17.0 Å². The van der Waals surface area contributed by atoms with Gasteiger partial charge in [0, 0.05) is 6.54 Å². The van der Waals surface area contributed by atoms with Gasteiger partial charge in [-0.15, -0.1) is 0 Å². The Labute approximate surface area is 159 Å². The number of urea groups is 1. The number of ether oxygens (including phenoxy) is 2. The van der Waals surface area contributed by atoms with E-state index in [1.54, 1.807) is 14.0 Å². The smallest absolute Gasteiger partial charge is 0.325 e. The van der Waals surface area contributed by atoms with Gasteiger partial charge in [0.2, 0.25) is 0 Å². The fourth-order valence-corrected chi connectivity index (χ4v) is 3.07. The van der Waals surface area contributed by atoms with E-state index in [-0.39, 0.29) is 11.9 Å². The molecule has 1 saturated heterocycles. The van der Waals surface area contributed by atoms with Crippen LogP contribution in [-0.4, -0.2) is 37.1 Å². The molecule has 6 heteroatoms. The first kappa shape index (κ1) is 18.8. The van der Waals surface area contributed by atoms with Crippen molar-refractivity contribution < 1.29 is 19.1 Å². The van der Waals surface area contributed by atoms with Crippen molar-refractivity contribution in [3.63, 3.8) is 0 Å². The van der Waals surface area contributed by atoms with Gasteiger partial charge in [0.15, 0.2) is 0 Å². The Morgan fingerprint density at radius 1 is 1.00 bits per heavy atom. The average Bonchev–Trinajstić information content (AvgIpc) is 2.89. The predicted molar refractivity (Wildman–Crippen MR) is 102 cm³/mol. The van der Waals surface area contributed by atoms with E-state index in [1.807, 2.05) is 55.5 Å². The number of amides is 3. The zero-order valence-corrected chi connectivity index (χ0v) is 15.8. The highest BCUT2D eigenvalue weighted by atomic mass is 16.5. The molecule has 0 saturated carbocycles. The van der Waals surface area contributed by atoms with Gasteiger partial charge in [-0.2, -0.15) is 0 Å². The van der Waals surface area contributed by atoms with Crippen molar-refractivity contribution in [3.8, 4) is 11.5 Å². The first-order valence-corrected chi connectivity index (χ1v) is 8.92. The van der Waals surface area contributed by atoms with Gasteiger partial charge < -0.3 is 14.8 Å². The van der Waals surface area contributed by atoms with E-state index in [1.165, 1.54) is 4.90 Å². The van der Waals surface area contributed by atoms with E-state index >= 15 is 0 Å². The van der Waals surface area contributed by atoms with Crippen molar-refractivity contribution >= 4 is 11.9 Å². The minimum atomic E-state index is -1.03. The van der Waals surface area contributed by atoms with Crippen LogP contribution in [0.3, 0.4) is 0 Å². The van der Waals surface area contributed by atoms with E-state index in [4.69, 9.17) is 9.47 Å². The number of rotatable bonds is 7. The van der Waals surface area contributed by atoms with Gasteiger partial charge in [-0.05, 0) is 50.1 Å². The maximum atomic E-state index is 12.8. The molecular weight excluding hydrogens is 344 g/mol. The van der Waals surface area contributed by atoms with Crippen molar-refractivity contribution in [2.24, 2.45) is 0 Å². The number of hydrogen-bond acceptors (Lipinski definition) is 4. The van der Waals surface area contributed by atoms with Gasteiger partial charge in [0.05, 0.1) is 13.7 Å². The molecule has 0 bridgehead atoms. The molecule has 1 atom stereocenters. The lowest BCUT2D eigenvalue weighted by atomic mass is 9.91. The maximum Gasteiger partial charge on any atom is 0.325 e. The zero-order valence-electron chi connectivity index (χ0n) is 15.8. The summed E-state index contributed by atoms with van der Waals surface area (Å²) in [5, 5.41) is 2.82. The molecule has 6 nitrogen and oxygen atoms in total. The lowest BCUT2D eigenvalue weighted by Gasteiger charge is -2.22. The second kappa shape index (κ2) is 7.70. The Hall–Kier alpha value is -3.02. The van der Waals surface area contributed by atoms with Crippen LogP contribution in [-0.2, 0) is 10.3 Å². The van der Waals surface area contributed by atoms with Crippen LogP contribution in [0.4, 0.5) is 4.79 Å². The molecule has 1 aliphatic heterocycles. The third-order valence-electron chi connectivity index (χ3n) is 4.76. The Morgan fingerprint density at radius 3 is 2.26 bits per heavy atom. The van der Waals surface area contributed by atoms with Crippen molar-refractivity contribution in [3.05, 3.63) is 59.7 Å². The van der Waals surface area contributed by atoms with E-state index in [0.29, 0.717) is 19.6 Å². The first-order chi connectivity index (χ1) is 12.9. The number of carbonyl (C=O) groups excluding carboxylic acids is 2. The van der Waals surface area contributed by atoms with Gasteiger partial charge in [-0.25, -0.2) is 4.79 Å². The summed E-state index contributed by atoms with van der Waals surface area (Å²) in [4.78, 5) is 26.4. The van der Waals surface area contributed by atoms with Crippen LogP contribution in [0.25, 0.3) is 0 Å². The molecule has 27 heavy (non-hydrogen) atoms. The molecule has 0 aromatic heterocycles. The SMILES string of the molecule is COc1ccc(OCCCN2C(=O)N[C@](C)(c3ccc(C)cc3)C2=O)cc1. The van der Waals surface area contributed by atoms with Crippen LogP contribution in [0.1, 0.15) is 24.5 Å². The van der Waals surface area contributed by atoms with E-state index in [9.17, 15) is 9.59 Å². The lowest BCUT2D eigenvalue weighted by molar-refractivity contribution is -0.131. The van der Waals surface area contributed by atoms with Crippen LogP contribution >= 0.6 is 0 Å². The summed E-state index contributed by atoms with van der Waals surface area (Å²) < 4.78 is 10.8. The molecule has 3 amide bonds. The molecule has 1 fully saturated rings. The number of methoxy groups -OCH3 is 1. The number of imide groups is 1. The molecule has 3 rings (SSSR count). The summed E-state index contributed by atoms with van der Waals surface area (Å²) >= 11 is 0. The number of nitrogens with zero attached hydrogens (tertiary/aromatic N) is 1. The van der Waals surface area contributed by atoms with Gasteiger partial charge >= 0.3 is 6.03 Å². The molecule has 2 aromatic rings. The van der Waals surface area contributed by atoms with Crippen molar-refractivity contribution in [2.75, 3.05) is 20.3 Å². The van der Waals surface area contributed by atoms with Gasteiger partial charge in [0.25, 0.3) is 5.91 Å². The van der Waals surface area contributed by atoms with Gasteiger partial charge in [-0.1, -0.05) is 29.8 Å². The van der Waals surface area contributed by atoms with Crippen LogP contribution in [0.15, 0.2) is 48.5 Å². The minimum Gasteiger partial charge on any atom is -0.497 e. The first-order valence-electron chi connectivity index (χ1n) is 8.92. The fraction of sp³-hybridized carbons (Fsp3) is 0.333. The number of carbonyl (C=O) groups is 2.